The molecule has 0 spiro atoms. The van der Waals surface area contributed by atoms with Gasteiger partial charge in [-0.1, -0.05) is 17.7 Å². The van der Waals surface area contributed by atoms with Crippen LogP contribution in [0.5, 0.6) is 0 Å². The number of rotatable bonds is 4. The number of ether oxygens (including phenoxy) is 1. The molecule has 0 unspecified atom stereocenters. The average molecular weight is 285 g/mol. The summed E-state index contributed by atoms with van der Waals surface area (Å²) in [6.45, 7) is 5.11. The summed E-state index contributed by atoms with van der Waals surface area (Å²) in [6.07, 6.45) is 0. The second-order valence-electron chi connectivity index (χ2n) is 4.57. The van der Waals surface area contributed by atoms with E-state index in [1.165, 1.54) is 14.2 Å². The molecule has 19 heavy (non-hydrogen) atoms. The molecular weight excluding hydrogens is 266 g/mol. The Kier molecular flexibility index (Phi) is 4.70. The van der Waals surface area contributed by atoms with Gasteiger partial charge in [-0.05, 0) is 31.9 Å². The quantitative estimate of drug-likeness (QED) is 0.785. The van der Waals surface area contributed by atoms with Crippen molar-refractivity contribution in [2.45, 2.75) is 25.7 Å². The largest absolute Gasteiger partial charge is 0.468 e. The Morgan fingerprint density at radius 3 is 2.11 bits per heavy atom. The zero-order chi connectivity index (χ0) is 14.8. The second kappa shape index (κ2) is 5.71. The van der Waals surface area contributed by atoms with E-state index in [9.17, 15) is 13.2 Å². The van der Waals surface area contributed by atoms with Crippen LogP contribution in [0.15, 0.2) is 17.0 Å². The fourth-order valence-electron chi connectivity index (χ4n) is 2.06. The van der Waals surface area contributed by atoms with E-state index in [0.29, 0.717) is 11.1 Å². The van der Waals surface area contributed by atoms with Gasteiger partial charge in [0.1, 0.15) is 6.54 Å². The van der Waals surface area contributed by atoms with E-state index >= 15 is 0 Å². The topological polar surface area (TPSA) is 63.7 Å². The minimum absolute atomic E-state index is 0.254. The Hall–Kier alpha value is -1.40. The summed E-state index contributed by atoms with van der Waals surface area (Å²) in [5, 5.41) is 0. The van der Waals surface area contributed by atoms with Crippen molar-refractivity contribution in [3.8, 4) is 0 Å². The van der Waals surface area contributed by atoms with Crippen LogP contribution in [0.1, 0.15) is 16.7 Å². The molecule has 1 aromatic rings. The molecule has 0 N–H and O–H groups in total. The lowest BCUT2D eigenvalue weighted by molar-refractivity contribution is -0.140. The summed E-state index contributed by atoms with van der Waals surface area (Å²) in [5.41, 5.74) is 2.35. The van der Waals surface area contributed by atoms with Crippen molar-refractivity contribution >= 4 is 16.0 Å². The third-order valence-electron chi connectivity index (χ3n) is 2.85. The van der Waals surface area contributed by atoms with Crippen molar-refractivity contribution in [2.24, 2.45) is 0 Å². The number of hydrogen-bond donors (Lipinski definition) is 0. The minimum Gasteiger partial charge on any atom is -0.468 e. The smallest absolute Gasteiger partial charge is 0.321 e. The van der Waals surface area contributed by atoms with Crippen LogP contribution in [-0.4, -0.2) is 39.4 Å². The second-order valence-corrected chi connectivity index (χ2v) is 6.55. The molecule has 0 heterocycles. The summed E-state index contributed by atoms with van der Waals surface area (Å²) in [5.74, 6) is -0.589. The molecule has 1 rings (SSSR count). The molecule has 0 aliphatic rings. The first-order valence-corrected chi connectivity index (χ1v) is 7.25. The SMILES string of the molecule is COC(=O)CN(C)S(=O)(=O)c1c(C)cc(C)cc1C. The highest BCUT2D eigenvalue weighted by molar-refractivity contribution is 7.89. The summed E-state index contributed by atoms with van der Waals surface area (Å²) >= 11 is 0. The Morgan fingerprint density at radius 1 is 1.21 bits per heavy atom. The van der Waals surface area contributed by atoms with Gasteiger partial charge in [-0.15, -0.1) is 0 Å². The molecule has 5 nitrogen and oxygen atoms in total. The number of hydrogen-bond acceptors (Lipinski definition) is 4. The normalized spacial score (nSPS) is 11.7. The van der Waals surface area contributed by atoms with Gasteiger partial charge in [-0.25, -0.2) is 8.42 Å². The van der Waals surface area contributed by atoms with Crippen LogP contribution in [0.25, 0.3) is 0 Å². The van der Waals surface area contributed by atoms with Gasteiger partial charge in [0.05, 0.1) is 12.0 Å². The van der Waals surface area contributed by atoms with E-state index in [0.717, 1.165) is 9.87 Å². The molecule has 106 valence electrons. The number of nitrogens with zero attached hydrogens (tertiary/aromatic N) is 1. The summed E-state index contributed by atoms with van der Waals surface area (Å²) < 4.78 is 30.4. The molecule has 0 bridgehead atoms. The maximum atomic E-state index is 12.5. The first-order valence-electron chi connectivity index (χ1n) is 5.81. The van der Waals surface area contributed by atoms with Crippen LogP contribution in [0.3, 0.4) is 0 Å². The maximum absolute atomic E-state index is 12.5. The van der Waals surface area contributed by atoms with Crippen molar-refractivity contribution < 1.29 is 17.9 Å². The van der Waals surface area contributed by atoms with E-state index in [4.69, 9.17) is 0 Å². The van der Waals surface area contributed by atoms with Gasteiger partial charge in [-0.2, -0.15) is 4.31 Å². The van der Waals surface area contributed by atoms with Crippen LogP contribution in [0.4, 0.5) is 0 Å². The fraction of sp³-hybridized carbons (Fsp3) is 0.462. The number of carbonyl (C=O) groups is 1. The van der Waals surface area contributed by atoms with Crippen molar-refractivity contribution in [1.29, 1.82) is 0 Å². The monoisotopic (exact) mass is 285 g/mol. The molecule has 0 amide bonds. The van der Waals surface area contributed by atoms with Crippen molar-refractivity contribution in [1.82, 2.24) is 4.31 Å². The fourth-order valence-corrected chi connectivity index (χ4v) is 3.58. The number of carbonyl (C=O) groups excluding carboxylic acids is 1. The van der Waals surface area contributed by atoms with Crippen molar-refractivity contribution in [2.75, 3.05) is 20.7 Å². The number of likely N-dealkylation sites (N-methyl/N-ethyl adjacent to an activating group) is 1. The molecule has 1 aromatic carbocycles. The first-order chi connectivity index (χ1) is 8.70. The maximum Gasteiger partial charge on any atom is 0.321 e. The third kappa shape index (κ3) is 3.33. The highest BCUT2D eigenvalue weighted by Crippen LogP contribution is 2.24. The molecule has 0 aromatic heterocycles. The standard InChI is InChI=1S/C13H19NO4S/c1-9-6-10(2)13(11(3)7-9)19(16,17)14(4)8-12(15)18-5/h6-7H,8H2,1-5H3. The van der Waals surface area contributed by atoms with Gasteiger partial charge >= 0.3 is 5.97 Å². The Morgan fingerprint density at radius 2 is 1.68 bits per heavy atom. The number of benzene rings is 1. The van der Waals surface area contributed by atoms with Gasteiger partial charge in [-0.3, -0.25) is 4.79 Å². The number of methoxy groups -OCH3 is 1. The van der Waals surface area contributed by atoms with Crippen molar-refractivity contribution in [3.63, 3.8) is 0 Å². The highest BCUT2D eigenvalue weighted by Gasteiger charge is 2.26. The van der Waals surface area contributed by atoms with Gasteiger partial charge in [0, 0.05) is 7.05 Å². The van der Waals surface area contributed by atoms with Gasteiger partial charge in [0.15, 0.2) is 0 Å². The average Bonchev–Trinajstić information content (AvgIpc) is 2.26. The number of aryl methyl sites for hydroxylation is 3. The number of esters is 1. The van der Waals surface area contributed by atoms with E-state index in [-0.39, 0.29) is 11.4 Å². The van der Waals surface area contributed by atoms with Gasteiger partial charge in [0.25, 0.3) is 0 Å². The van der Waals surface area contributed by atoms with Crippen LogP contribution < -0.4 is 0 Å². The predicted octanol–water partition coefficient (Wildman–Crippen LogP) is 1.41. The van der Waals surface area contributed by atoms with E-state index < -0.39 is 16.0 Å². The lowest BCUT2D eigenvalue weighted by atomic mass is 10.1. The summed E-state index contributed by atoms with van der Waals surface area (Å²) in [4.78, 5) is 11.5. The first kappa shape index (κ1) is 15.7. The molecule has 6 heteroatoms. The summed E-state index contributed by atoms with van der Waals surface area (Å²) in [6, 6.07) is 3.62. The van der Waals surface area contributed by atoms with E-state index in [2.05, 4.69) is 4.74 Å². The zero-order valence-electron chi connectivity index (χ0n) is 11.9. The lowest BCUT2D eigenvalue weighted by Crippen LogP contribution is -2.33. The lowest BCUT2D eigenvalue weighted by Gasteiger charge is -2.19. The Bertz CT molecular complexity index is 570. The molecule has 0 fully saturated rings. The zero-order valence-corrected chi connectivity index (χ0v) is 12.7. The Labute approximate surface area is 114 Å². The van der Waals surface area contributed by atoms with Crippen LogP contribution >= 0.6 is 0 Å². The molecule has 0 aliphatic carbocycles. The molecule has 0 radical (unpaired) electrons. The van der Waals surface area contributed by atoms with Crippen LogP contribution in [0, 0.1) is 20.8 Å². The van der Waals surface area contributed by atoms with E-state index in [1.54, 1.807) is 13.8 Å². The summed E-state index contributed by atoms with van der Waals surface area (Å²) in [7, 11) is -1.10. The van der Waals surface area contributed by atoms with Crippen molar-refractivity contribution in [3.05, 3.63) is 28.8 Å². The molecule has 0 atom stereocenters. The molecular formula is C13H19NO4S. The van der Waals surface area contributed by atoms with Gasteiger partial charge < -0.3 is 4.74 Å². The molecule has 0 aliphatic heterocycles. The van der Waals surface area contributed by atoms with E-state index in [1.807, 2.05) is 19.1 Å². The molecule has 0 saturated carbocycles. The minimum atomic E-state index is -3.69. The predicted molar refractivity (Wildman–Crippen MR) is 72.5 cm³/mol. The highest BCUT2D eigenvalue weighted by atomic mass is 32.2. The Balaban J connectivity index is 3.24. The van der Waals surface area contributed by atoms with Crippen LogP contribution in [0.2, 0.25) is 0 Å². The third-order valence-corrected chi connectivity index (χ3v) is 4.96. The van der Waals surface area contributed by atoms with Crippen LogP contribution in [-0.2, 0) is 19.6 Å². The number of sulfonamides is 1. The van der Waals surface area contributed by atoms with Gasteiger partial charge in [0.2, 0.25) is 10.0 Å². The molecule has 0 saturated heterocycles.